The van der Waals surface area contributed by atoms with E-state index in [9.17, 15) is 10.1 Å². The summed E-state index contributed by atoms with van der Waals surface area (Å²) in [4.78, 5) is 10.5. The van der Waals surface area contributed by atoms with Crippen LogP contribution in [0.2, 0.25) is 0 Å². The molecule has 4 heteroatoms. The average Bonchev–Trinajstić information content (AvgIpc) is 2.38. The maximum atomic E-state index is 10.9. The summed E-state index contributed by atoms with van der Waals surface area (Å²) in [6.07, 6.45) is 5.55. The molecule has 0 fully saturated rings. The first kappa shape index (κ1) is 12.0. The molecular weight excluding hydrogens is 228 g/mol. The number of nitro benzene ring substituents is 1. The summed E-state index contributed by atoms with van der Waals surface area (Å²) in [5.41, 5.74) is 1.70. The lowest BCUT2D eigenvalue weighted by molar-refractivity contribution is -0.673. The molecule has 0 bridgehead atoms. The van der Waals surface area contributed by atoms with E-state index in [1.807, 2.05) is 42.1 Å². The van der Waals surface area contributed by atoms with Crippen LogP contribution in [0.15, 0.2) is 48.7 Å². The van der Waals surface area contributed by atoms with Gasteiger partial charge in [-0.3, -0.25) is 10.1 Å². The monoisotopic (exact) mass is 241 g/mol. The number of para-hydroxylation sites is 1. The molecule has 0 amide bonds. The highest BCUT2D eigenvalue weighted by atomic mass is 16.6. The Morgan fingerprint density at radius 3 is 2.56 bits per heavy atom. The van der Waals surface area contributed by atoms with Crippen LogP contribution in [0.4, 0.5) is 5.69 Å². The molecule has 0 unspecified atom stereocenters. The molecule has 0 radical (unpaired) electrons. The van der Waals surface area contributed by atoms with Crippen LogP contribution >= 0.6 is 0 Å². The fraction of sp³-hybridized carbons (Fsp3) is 0.0714. The second-order valence-electron chi connectivity index (χ2n) is 3.89. The van der Waals surface area contributed by atoms with E-state index in [0.29, 0.717) is 5.56 Å². The molecule has 4 nitrogen and oxygen atoms in total. The van der Waals surface area contributed by atoms with Crippen LogP contribution in [0.1, 0.15) is 11.3 Å². The van der Waals surface area contributed by atoms with Crippen LogP contribution in [-0.4, -0.2) is 4.92 Å². The van der Waals surface area contributed by atoms with Crippen LogP contribution in [0.25, 0.3) is 12.2 Å². The van der Waals surface area contributed by atoms with Crippen LogP contribution in [-0.2, 0) is 7.05 Å². The molecule has 0 spiro atoms. The summed E-state index contributed by atoms with van der Waals surface area (Å²) >= 11 is 0. The topological polar surface area (TPSA) is 47.0 Å². The van der Waals surface area contributed by atoms with Crippen molar-refractivity contribution in [1.29, 1.82) is 0 Å². The quantitative estimate of drug-likeness (QED) is 0.471. The van der Waals surface area contributed by atoms with E-state index in [1.54, 1.807) is 24.3 Å². The van der Waals surface area contributed by atoms with Crippen molar-refractivity contribution in [3.63, 3.8) is 0 Å². The first-order chi connectivity index (χ1) is 8.68. The van der Waals surface area contributed by atoms with E-state index in [2.05, 4.69) is 0 Å². The van der Waals surface area contributed by atoms with E-state index >= 15 is 0 Å². The lowest BCUT2D eigenvalue weighted by Crippen LogP contribution is -2.30. The number of nitro groups is 1. The van der Waals surface area contributed by atoms with Crippen molar-refractivity contribution < 1.29 is 9.49 Å². The zero-order chi connectivity index (χ0) is 13.0. The maximum absolute atomic E-state index is 10.9. The van der Waals surface area contributed by atoms with E-state index in [-0.39, 0.29) is 10.6 Å². The normalized spacial score (nSPS) is 10.7. The Bertz CT molecular complexity index is 606. The van der Waals surface area contributed by atoms with Crippen molar-refractivity contribution in [3.8, 4) is 0 Å². The average molecular weight is 241 g/mol. The van der Waals surface area contributed by atoms with Gasteiger partial charge in [-0.25, -0.2) is 4.57 Å². The number of hydrogen-bond acceptors (Lipinski definition) is 2. The molecule has 1 aromatic carbocycles. The van der Waals surface area contributed by atoms with E-state index in [4.69, 9.17) is 0 Å². The van der Waals surface area contributed by atoms with Gasteiger partial charge in [0.2, 0.25) is 5.69 Å². The van der Waals surface area contributed by atoms with Crippen molar-refractivity contribution in [2.45, 2.75) is 0 Å². The maximum Gasteiger partial charge on any atom is 0.276 e. The Morgan fingerprint density at radius 2 is 1.83 bits per heavy atom. The van der Waals surface area contributed by atoms with Crippen molar-refractivity contribution in [2.75, 3.05) is 0 Å². The third kappa shape index (κ3) is 2.60. The molecule has 0 saturated heterocycles. The minimum atomic E-state index is -0.370. The van der Waals surface area contributed by atoms with Gasteiger partial charge in [-0.05, 0) is 18.2 Å². The van der Waals surface area contributed by atoms with Gasteiger partial charge in [0, 0.05) is 24.3 Å². The highest BCUT2D eigenvalue weighted by Gasteiger charge is 2.09. The highest BCUT2D eigenvalue weighted by Crippen LogP contribution is 2.19. The van der Waals surface area contributed by atoms with Gasteiger partial charge in [0.25, 0.3) is 5.69 Å². The number of rotatable bonds is 3. The van der Waals surface area contributed by atoms with Crippen LogP contribution in [0.3, 0.4) is 0 Å². The molecule has 0 saturated carbocycles. The SMILES string of the molecule is C[n+]1ccccc1C=Cc1ccccc1[N+](=O)[O-]. The number of nitrogens with zero attached hydrogens (tertiary/aromatic N) is 2. The second kappa shape index (κ2) is 5.23. The summed E-state index contributed by atoms with van der Waals surface area (Å²) in [6, 6.07) is 12.5. The molecule has 0 atom stereocenters. The smallest absolute Gasteiger partial charge is 0.258 e. The number of hydrogen-bond donors (Lipinski definition) is 0. The fourth-order valence-electron chi connectivity index (χ4n) is 1.68. The Labute approximate surface area is 105 Å². The van der Waals surface area contributed by atoms with Crippen LogP contribution in [0, 0.1) is 10.1 Å². The van der Waals surface area contributed by atoms with Crippen molar-refractivity contribution in [3.05, 3.63) is 70.0 Å². The standard InChI is InChI=1S/C14H13N2O2/c1-15-11-5-4-7-13(15)10-9-12-6-2-3-8-14(12)16(17)18/h2-11H,1H3/q+1. The molecule has 1 heterocycles. The zero-order valence-electron chi connectivity index (χ0n) is 9.98. The lowest BCUT2D eigenvalue weighted by atomic mass is 10.1. The Kier molecular flexibility index (Phi) is 3.48. The number of aryl methyl sites for hydroxylation is 1. The van der Waals surface area contributed by atoms with Gasteiger partial charge in [-0.15, -0.1) is 0 Å². The molecule has 2 aromatic rings. The van der Waals surface area contributed by atoms with Gasteiger partial charge in [0.05, 0.1) is 10.5 Å². The van der Waals surface area contributed by atoms with Gasteiger partial charge >= 0.3 is 0 Å². The minimum Gasteiger partial charge on any atom is -0.258 e. The molecule has 0 N–H and O–H groups in total. The van der Waals surface area contributed by atoms with Gasteiger partial charge < -0.3 is 0 Å². The molecule has 0 aliphatic carbocycles. The number of benzene rings is 1. The predicted octanol–water partition coefficient (Wildman–Crippen LogP) is 2.59. The van der Waals surface area contributed by atoms with E-state index in [0.717, 1.165) is 5.69 Å². The molecule has 18 heavy (non-hydrogen) atoms. The summed E-state index contributed by atoms with van der Waals surface area (Å²) in [5, 5.41) is 10.9. The first-order valence-electron chi connectivity index (χ1n) is 5.54. The van der Waals surface area contributed by atoms with Gasteiger partial charge in [0.1, 0.15) is 7.05 Å². The van der Waals surface area contributed by atoms with Crippen molar-refractivity contribution in [2.24, 2.45) is 7.05 Å². The van der Waals surface area contributed by atoms with Gasteiger partial charge in [0.15, 0.2) is 6.20 Å². The molecule has 1 aromatic heterocycles. The van der Waals surface area contributed by atoms with Crippen molar-refractivity contribution >= 4 is 17.8 Å². The summed E-state index contributed by atoms with van der Waals surface area (Å²) in [7, 11) is 1.93. The highest BCUT2D eigenvalue weighted by molar-refractivity contribution is 5.72. The first-order valence-corrected chi connectivity index (χ1v) is 5.54. The fourth-order valence-corrected chi connectivity index (χ4v) is 1.68. The lowest BCUT2D eigenvalue weighted by Gasteiger charge is -1.96. The minimum absolute atomic E-state index is 0.118. The number of pyridine rings is 1. The molecule has 2 rings (SSSR count). The van der Waals surface area contributed by atoms with Gasteiger partial charge in [-0.2, -0.15) is 0 Å². The summed E-state index contributed by atoms with van der Waals surface area (Å²) in [6.45, 7) is 0. The van der Waals surface area contributed by atoms with E-state index in [1.165, 1.54) is 6.07 Å². The molecular formula is C14H13N2O2+. The third-order valence-corrected chi connectivity index (χ3v) is 2.66. The number of aromatic nitrogens is 1. The predicted molar refractivity (Wildman–Crippen MR) is 69.6 cm³/mol. The van der Waals surface area contributed by atoms with Crippen LogP contribution in [0.5, 0.6) is 0 Å². The molecule has 90 valence electrons. The zero-order valence-corrected chi connectivity index (χ0v) is 9.98. The Hall–Kier alpha value is -2.49. The molecule has 0 aliphatic heterocycles. The largest absolute Gasteiger partial charge is 0.276 e. The summed E-state index contributed by atoms with van der Waals surface area (Å²) in [5.74, 6) is 0. The van der Waals surface area contributed by atoms with Crippen LogP contribution < -0.4 is 4.57 Å². The molecule has 0 aliphatic rings. The summed E-state index contributed by atoms with van der Waals surface area (Å²) < 4.78 is 1.95. The third-order valence-electron chi connectivity index (χ3n) is 2.66. The van der Waals surface area contributed by atoms with E-state index < -0.39 is 0 Å². The second-order valence-corrected chi connectivity index (χ2v) is 3.89. The van der Waals surface area contributed by atoms with Crippen molar-refractivity contribution in [1.82, 2.24) is 0 Å². The Balaban J connectivity index is 2.35. The van der Waals surface area contributed by atoms with Gasteiger partial charge in [-0.1, -0.05) is 12.1 Å². The Morgan fingerprint density at radius 1 is 1.11 bits per heavy atom.